The van der Waals surface area contributed by atoms with Crippen LogP contribution in [0.15, 0.2) is 54.9 Å². The molecule has 1 N–H and O–H groups in total. The zero-order valence-electron chi connectivity index (χ0n) is 18.8. The third-order valence-corrected chi connectivity index (χ3v) is 5.05. The van der Waals surface area contributed by atoms with Gasteiger partial charge in [0.1, 0.15) is 11.4 Å². The van der Waals surface area contributed by atoms with Crippen molar-refractivity contribution in [3.05, 3.63) is 77.4 Å². The van der Waals surface area contributed by atoms with Crippen molar-refractivity contribution in [1.82, 2.24) is 4.57 Å². The maximum atomic E-state index is 14.0. The van der Waals surface area contributed by atoms with Gasteiger partial charge in [-0.2, -0.15) is 26.3 Å². The number of fused-ring (bicyclic) bond motifs is 1. The maximum absolute atomic E-state index is 14.0. The van der Waals surface area contributed by atoms with Crippen LogP contribution in [0, 0.1) is 5.82 Å². The van der Waals surface area contributed by atoms with Crippen molar-refractivity contribution in [3.63, 3.8) is 0 Å². The fraction of sp³-hybridized carbons (Fsp3) is 0.292. The average molecular weight is 502 g/mol. The maximum Gasteiger partial charge on any atom is 0.416 e. The summed E-state index contributed by atoms with van der Waals surface area (Å²) in [6, 6.07) is 3.33. The molecule has 0 bridgehead atoms. The summed E-state index contributed by atoms with van der Waals surface area (Å²) in [6.07, 6.45) is -5.42. The number of anilines is 1. The van der Waals surface area contributed by atoms with Crippen LogP contribution >= 0.6 is 0 Å². The lowest BCUT2D eigenvalue weighted by Crippen LogP contribution is -2.25. The van der Waals surface area contributed by atoms with Gasteiger partial charge in [0.2, 0.25) is 0 Å². The predicted molar refractivity (Wildman–Crippen MR) is 116 cm³/mol. The second kappa shape index (κ2) is 9.27. The van der Waals surface area contributed by atoms with Crippen LogP contribution in [-0.4, -0.2) is 16.2 Å². The lowest BCUT2D eigenvalue weighted by molar-refractivity contribution is -0.143. The number of aromatic nitrogens is 1. The zero-order chi connectivity index (χ0) is 26.2. The first-order valence-electron chi connectivity index (χ1n) is 10.3. The number of rotatable bonds is 5. The van der Waals surface area contributed by atoms with Gasteiger partial charge in [0.05, 0.1) is 22.9 Å². The number of carbonyl (C=O) groups is 1. The third-order valence-electron chi connectivity index (χ3n) is 5.05. The Kier molecular flexibility index (Phi) is 6.92. The van der Waals surface area contributed by atoms with E-state index in [-0.39, 0.29) is 18.0 Å². The van der Waals surface area contributed by atoms with E-state index >= 15 is 0 Å². The lowest BCUT2D eigenvalue weighted by atomic mass is 9.98. The molecule has 1 aromatic heterocycles. The molecule has 3 aromatic rings. The Labute approximate surface area is 196 Å². The summed E-state index contributed by atoms with van der Waals surface area (Å²) in [6.45, 7) is 5.27. The van der Waals surface area contributed by atoms with Crippen LogP contribution in [0.1, 0.15) is 37.5 Å². The average Bonchev–Trinajstić information content (AvgIpc) is 3.08. The van der Waals surface area contributed by atoms with Gasteiger partial charge >= 0.3 is 18.4 Å². The summed E-state index contributed by atoms with van der Waals surface area (Å²) in [4.78, 5) is 12.9. The van der Waals surface area contributed by atoms with E-state index in [4.69, 9.17) is 4.74 Å². The minimum atomic E-state index is -5.07. The number of alkyl halides is 6. The fourth-order valence-electron chi connectivity index (χ4n) is 3.54. The molecule has 1 heterocycles. The summed E-state index contributed by atoms with van der Waals surface area (Å²) >= 11 is 0. The number of nitrogens with one attached hydrogen (secondary N) is 1. The first-order chi connectivity index (χ1) is 16.1. The van der Waals surface area contributed by atoms with E-state index in [2.05, 4.69) is 5.32 Å². The van der Waals surface area contributed by atoms with Gasteiger partial charge in [-0.05, 0) is 62.7 Å². The van der Waals surface area contributed by atoms with E-state index in [9.17, 15) is 35.5 Å². The molecule has 0 unspecified atom stereocenters. The number of carbonyl (C=O) groups excluding carboxylic acids is 1. The number of hydrogen-bond acceptors (Lipinski definition) is 2. The minimum absolute atomic E-state index is 0.0333. The quantitative estimate of drug-likeness (QED) is 0.286. The van der Waals surface area contributed by atoms with Crippen molar-refractivity contribution in [3.8, 4) is 0 Å². The number of benzene rings is 2. The monoisotopic (exact) mass is 502 g/mol. The molecule has 35 heavy (non-hydrogen) atoms. The summed E-state index contributed by atoms with van der Waals surface area (Å²) in [5.74, 6) is -0.586. The molecule has 0 aliphatic carbocycles. The third kappa shape index (κ3) is 6.14. The first kappa shape index (κ1) is 26.1. The Balaban J connectivity index is 2.03. The second-order valence-corrected chi connectivity index (χ2v) is 8.43. The van der Waals surface area contributed by atoms with E-state index in [0.29, 0.717) is 23.1 Å². The molecule has 1 amide bonds. The molecule has 2 aromatic carbocycles. The molecular weight excluding hydrogens is 481 g/mol. The molecule has 3 rings (SSSR count). The number of allylic oxidation sites excluding steroid dienone is 1. The van der Waals surface area contributed by atoms with Gasteiger partial charge in [-0.25, -0.2) is 9.18 Å². The van der Waals surface area contributed by atoms with Crippen molar-refractivity contribution in [2.24, 2.45) is 0 Å². The van der Waals surface area contributed by atoms with Gasteiger partial charge in [-0.3, -0.25) is 4.57 Å². The van der Waals surface area contributed by atoms with Crippen LogP contribution in [0.4, 0.5) is 41.2 Å². The molecule has 0 radical (unpaired) electrons. The fourth-order valence-corrected chi connectivity index (χ4v) is 3.54. The van der Waals surface area contributed by atoms with Crippen LogP contribution in [0.5, 0.6) is 0 Å². The highest BCUT2D eigenvalue weighted by Crippen LogP contribution is 2.37. The van der Waals surface area contributed by atoms with E-state index in [0.717, 1.165) is 10.6 Å². The van der Waals surface area contributed by atoms with Crippen LogP contribution in [0.2, 0.25) is 0 Å². The summed E-state index contributed by atoms with van der Waals surface area (Å²) in [5.41, 5.74) is -3.89. The number of halogens is 7. The number of amides is 1. The first-order valence-corrected chi connectivity index (χ1v) is 10.3. The molecule has 0 saturated carbocycles. The van der Waals surface area contributed by atoms with Crippen molar-refractivity contribution in [2.75, 3.05) is 5.32 Å². The van der Waals surface area contributed by atoms with Crippen LogP contribution in [0.3, 0.4) is 0 Å². The molecule has 0 spiro atoms. The molecule has 0 aliphatic rings. The molecule has 11 heteroatoms. The largest absolute Gasteiger partial charge is 0.495 e. The molecule has 188 valence electrons. The summed E-state index contributed by atoms with van der Waals surface area (Å²) in [5, 5.41) is 2.43. The number of nitrogens with zero attached hydrogens (tertiary/aromatic N) is 1. The van der Waals surface area contributed by atoms with Gasteiger partial charge in [-0.15, -0.1) is 0 Å². The second-order valence-electron chi connectivity index (χ2n) is 8.43. The molecule has 4 nitrogen and oxygen atoms in total. The Morgan fingerprint density at radius 3 is 2.14 bits per heavy atom. The van der Waals surface area contributed by atoms with Gasteiger partial charge in [0.25, 0.3) is 0 Å². The highest BCUT2D eigenvalue weighted by molar-refractivity contribution is 5.99. The molecule has 0 aliphatic heterocycles. The Morgan fingerprint density at radius 2 is 1.60 bits per heavy atom. The Morgan fingerprint density at radius 1 is 1.00 bits per heavy atom. The van der Waals surface area contributed by atoms with E-state index in [1.54, 1.807) is 26.8 Å². The summed E-state index contributed by atoms with van der Waals surface area (Å²) in [7, 11) is 0. The van der Waals surface area contributed by atoms with E-state index < -0.39 is 46.6 Å². The number of ether oxygens (including phenoxy) is 1. The SMILES string of the molecule is CC=COC(C)(C)Cc1cn(C(=O)Nc2cc(C(F)(F)F)cc(C(F)(F)F)c2)c2ccc(F)cc12. The lowest BCUT2D eigenvalue weighted by Gasteiger charge is -2.24. The van der Waals surface area contributed by atoms with Gasteiger partial charge < -0.3 is 10.1 Å². The standard InChI is InChI=1S/C24H21F7N2O2/c1-4-7-35-22(2,3)12-14-13-33(20-6-5-17(25)11-19(14)20)21(34)32-18-9-15(23(26,27)28)8-16(10-18)24(29,30)31/h4-11,13H,12H2,1-3H3,(H,32,34). The molecule has 0 atom stereocenters. The van der Waals surface area contributed by atoms with Crippen LogP contribution in [-0.2, 0) is 23.5 Å². The molecule has 0 fully saturated rings. The van der Waals surface area contributed by atoms with Gasteiger partial charge in [-0.1, -0.05) is 6.08 Å². The predicted octanol–water partition coefficient (Wildman–Crippen LogP) is 7.77. The Hall–Kier alpha value is -3.50. The zero-order valence-corrected chi connectivity index (χ0v) is 18.8. The van der Waals surface area contributed by atoms with Crippen molar-refractivity contribution in [2.45, 2.75) is 45.1 Å². The minimum Gasteiger partial charge on any atom is -0.495 e. The summed E-state index contributed by atoms with van der Waals surface area (Å²) < 4.78 is 99.5. The highest BCUT2D eigenvalue weighted by Gasteiger charge is 2.37. The number of hydrogen-bond donors (Lipinski definition) is 1. The van der Waals surface area contributed by atoms with Crippen molar-refractivity contribution >= 4 is 22.6 Å². The van der Waals surface area contributed by atoms with Crippen LogP contribution < -0.4 is 5.32 Å². The smallest absolute Gasteiger partial charge is 0.416 e. The van der Waals surface area contributed by atoms with Crippen molar-refractivity contribution in [1.29, 1.82) is 0 Å². The highest BCUT2D eigenvalue weighted by atomic mass is 19.4. The van der Waals surface area contributed by atoms with E-state index in [1.807, 2.05) is 0 Å². The molecular formula is C24H21F7N2O2. The topological polar surface area (TPSA) is 43.3 Å². The van der Waals surface area contributed by atoms with E-state index in [1.165, 1.54) is 24.6 Å². The Bertz CT molecular complexity index is 1240. The van der Waals surface area contributed by atoms with Crippen molar-refractivity contribution < 1.29 is 40.3 Å². The van der Waals surface area contributed by atoms with Crippen LogP contribution in [0.25, 0.3) is 10.9 Å². The molecule has 0 saturated heterocycles. The van der Waals surface area contributed by atoms with Gasteiger partial charge in [0, 0.05) is 23.7 Å². The normalized spacial score (nSPS) is 13.0. The van der Waals surface area contributed by atoms with Gasteiger partial charge in [0.15, 0.2) is 0 Å².